The number of rotatable bonds is 16. The Morgan fingerprint density at radius 2 is 1.67 bits per heavy atom. The Balaban J connectivity index is 1.03. The van der Waals surface area contributed by atoms with Crippen LogP contribution in [-0.4, -0.2) is 192 Å². The number of carboxylic acid groups (broad SMARTS) is 1. The number of hydrogen-bond acceptors (Lipinski definition) is 18. The number of hydrogen-bond donors (Lipinski definition) is 17. The first kappa shape index (κ1) is 66.7. The van der Waals surface area contributed by atoms with Gasteiger partial charge in [0.15, 0.2) is 12.2 Å². The molecule has 0 radical (unpaired) electrons. The maximum Gasteiger partial charge on any atom is 0.310 e. The number of aliphatic carboxylic acids is 1. The standard InChI is InChI=1S/C70H107N11O13/c1-63(32-82)21-22-68(61(91)92)42(27-63)40-25-36-11-10-18-67(65(40,3)41-26-44-58(80-35-78-44)77-29-43(41)68)19-15-46-64(2,33-83)56(94-59-52(87)50(85)45(84)31-93-59)51(86)48(70(46,53(36)67)37-12-6-5-7-13-37)38-14-20-69(47-30-75-34-79-47,54-49(38)66(60(90)81-54)16-8-9-17-66)55(88)39(57(71)89)28-74-23-24-76-62(72)73-4/h14,20,25,30,34-39,41-43,45-46,48-57,59,74,77,82-89H,5-13,15-19,21-24,26-29,31-33,71H2,1-4H3,(H,75,79)(H,78,80)(H,81,90)(H,91,92)(H3,72,73,76). The SMILES string of the molecule is CN=C(N)NCCNCC(C(N)O)C(O)C1(c2cnc[nH]2)C=CC(C2C(O)C(OC3OCC(O)C(O)C3O)C(C)(CO)C3CCC45CCCC(C=C6C7CC(C)(CO)CCC7(C(=O)O)C7CNc8nc[nH]c8CC7C64C)C5C23C2CCCCC2)C2C1NC(=O)C21CCCC1. The number of guanidine groups is 1. The minimum atomic E-state index is -1.72. The van der Waals surface area contributed by atoms with Gasteiger partial charge in [0.25, 0.3) is 0 Å². The zero-order valence-corrected chi connectivity index (χ0v) is 55.3. The third kappa shape index (κ3) is 9.27. The Labute approximate surface area is 551 Å². The molecule has 3 aliphatic heterocycles. The van der Waals surface area contributed by atoms with Crippen molar-refractivity contribution in [2.24, 2.45) is 119 Å². The molecule has 26 atom stereocenters. The molecule has 2 saturated heterocycles. The minimum absolute atomic E-state index is 0.0486. The number of amides is 1. The average molecular weight is 1310 g/mol. The van der Waals surface area contributed by atoms with Crippen LogP contribution in [0.5, 0.6) is 0 Å². The van der Waals surface area contributed by atoms with E-state index in [0.717, 1.165) is 75.7 Å². The second-order valence-corrected chi connectivity index (χ2v) is 32.5. The third-order valence-electron chi connectivity index (χ3n) is 29.2. The van der Waals surface area contributed by atoms with Gasteiger partial charge >= 0.3 is 5.97 Å². The molecule has 2 bridgehead atoms. The molecule has 14 rings (SSSR count). The molecule has 520 valence electrons. The number of anilines is 1. The molecule has 1 amide bonds. The Morgan fingerprint density at radius 3 is 2.37 bits per heavy atom. The van der Waals surface area contributed by atoms with E-state index in [9.17, 15) is 45.6 Å². The van der Waals surface area contributed by atoms with Crippen molar-refractivity contribution in [2.75, 3.05) is 58.4 Å². The normalized spacial score (nSPS) is 46.4. The highest BCUT2D eigenvalue weighted by molar-refractivity contribution is 5.87. The van der Waals surface area contributed by atoms with Gasteiger partial charge < -0.3 is 98.1 Å². The highest BCUT2D eigenvalue weighted by Crippen LogP contribution is 2.85. The first-order valence-corrected chi connectivity index (χ1v) is 35.7. The number of carbonyl (C=O) groups excluding carboxylic acids is 1. The number of nitrogens with two attached hydrogens (primary N) is 2. The number of aliphatic imine (C=N–C) groups is 1. The second kappa shape index (κ2) is 24.4. The summed E-state index contributed by atoms with van der Waals surface area (Å²) in [6.07, 6.45) is 12.8. The maximum atomic E-state index is 16.0. The Morgan fingerprint density at radius 1 is 0.894 bits per heavy atom. The fourth-order valence-corrected chi connectivity index (χ4v) is 25.2. The number of aromatic nitrogens is 4. The number of aromatic amines is 2. The molecule has 2 aromatic heterocycles. The van der Waals surface area contributed by atoms with Crippen LogP contribution >= 0.6 is 0 Å². The van der Waals surface area contributed by atoms with Gasteiger partial charge in [0.05, 0.1) is 72.2 Å². The van der Waals surface area contributed by atoms with Crippen molar-refractivity contribution in [3.63, 3.8) is 0 Å². The quantitative estimate of drug-likeness (QED) is 0.0287. The van der Waals surface area contributed by atoms with Crippen molar-refractivity contribution in [1.82, 2.24) is 35.9 Å². The van der Waals surface area contributed by atoms with Crippen molar-refractivity contribution in [1.29, 1.82) is 0 Å². The lowest BCUT2D eigenvalue weighted by molar-refractivity contribution is -0.362. The van der Waals surface area contributed by atoms with Crippen LogP contribution in [0.4, 0.5) is 5.82 Å². The van der Waals surface area contributed by atoms with Gasteiger partial charge in [0, 0.05) is 74.9 Å². The van der Waals surface area contributed by atoms with Gasteiger partial charge in [0.1, 0.15) is 30.4 Å². The van der Waals surface area contributed by atoms with Gasteiger partial charge in [-0.05, 0) is 146 Å². The molecule has 2 aromatic rings. The number of allylic oxidation sites excluding steroid dienone is 3. The van der Waals surface area contributed by atoms with Gasteiger partial charge in [-0.3, -0.25) is 14.6 Å². The molecule has 94 heavy (non-hydrogen) atoms. The lowest BCUT2D eigenvalue weighted by atomic mass is 9.24. The number of aliphatic hydroxyl groups excluding tert-OH is 8. The summed E-state index contributed by atoms with van der Waals surface area (Å²) in [5.41, 5.74) is 7.67. The summed E-state index contributed by atoms with van der Waals surface area (Å²) in [5, 5.41) is 125. The van der Waals surface area contributed by atoms with E-state index >= 15 is 9.90 Å². The first-order valence-electron chi connectivity index (χ1n) is 35.7. The Bertz CT molecular complexity index is 3210. The molecule has 26 unspecified atom stereocenters. The molecule has 5 heterocycles. The van der Waals surface area contributed by atoms with E-state index in [-0.39, 0.29) is 61.2 Å². The lowest BCUT2D eigenvalue weighted by Gasteiger charge is -2.80. The topological polar surface area (TPSA) is 405 Å². The third-order valence-corrected chi connectivity index (χ3v) is 29.2. The molecule has 24 heteroatoms. The van der Waals surface area contributed by atoms with Gasteiger partial charge in [-0.1, -0.05) is 83.1 Å². The van der Waals surface area contributed by atoms with Gasteiger partial charge in [-0.2, -0.15) is 0 Å². The van der Waals surface area contributed by atoms with Gasteiger partial charge in [0.2, 0.25) is 5.91 Å². The monoisotopic (exact) mass is 1310 g/mol. The number of aliphatic hydroxyl groups is 8. The van der Waals surface area contributed by atoms with Crippen molar-refractivity contribution in [3.05, 3.63) is 54.0 Å². The molecule has 19 N–H and O–H groups in total. The highest BCUT2D eigenvalue weighted by Gasteiger charge is 2.82. The van der Waals surface area contributed by atoms with E-state index in [0.29, 0.717) is 76.7 Å². The molecule has 1 spiro atoms. The molecule has 7 saturated carbocycles. The summed E-state index contributed by atoms with van der Waals surface area (Å²) in [7, 11) is 1.59. The minimum Gasteiger partial charge on any atom is -0.481 e. The summed E-state index contributed by atoms with van der Waals surface area (Å²) in [6, 6.07) is -0.878. The Hall–Kier alpha value is -4.57. The van der Waals surface area contributed by atoms with Gasteiger partial charge in [-0.15, -0.1) is 0 Å². The zero-order valence-electron chi connectivity index (χ0n) is 55.3. The smallest absolute Gasteiger partial charge is 0.310 e. The van der Waals surface area contributed by atoms with Crippen molar-refractivity contribution >= 4 is 23.7 Å². The van der Waals surface area contributed by atoms with E-state index in [1.807, 2.05) is 13.0 Å². The van der Waals surface area contributed by atoms with Crippen LogP contribution in [0.3, 0.4) is 0 Å². The molecular formula is C70H107N11O13. The second-order valence-electron chi connectivity index (χ2n) is 32.5. The number of ether oxygens (including phenoxy) is 2. The van der Waals surface area contributed by atoms with E-state index in [1.165, 1.54) is 5.57 Å². The van der Waals surface area contributed by atoms with Crippen LogP contribution in [-0.2, 0) is 30.9 Å². The Kier molecular flexibility index (Phi) is 17.3. The van der Waals surface area contributed by atoms with Crippen molar-refractivity contribution < 1.29 is 65.0 Å². The summed E-state index contributed by atoms with van der Waals surface area (Å²) < 4.78 is 13.3. The summed E-state index contributed by atoms with van der Waals surface area (Å²) in [6.45, 7) is 7.05. The summed E-state index contributed by atoms with van der Waals surface area (Å²) >= 11 is 0. The number of nitrogens with zero attached hydrogens (tertiary/aromatic N) is 3. The van der Waals surface area contributed by atoms with Crippen molar-refractivity contribution in [3.8, 4) is 0 Å². The molecule has 9 aliphatic carbocycles. The highest BCUT2D eigenvalue weighted by atomic mass is 16.7. The van der Waals surface area contributed by atoms with E-state index in [1.54, 1.807) is 25.9 Å². The largest absolute Gasteiger partial charge is 0.481 e. The molecule has 24 nitrogen and oxygen atoms in total. The van der Waals surface area contributed by atoms with E-state index in [2.05, 4.69) is 67.2 Å². The predicted octanol–water partition coefficient (Wildman–Crippen LogP) is 2.53. The van der Waals surface area contributed by atoms with E-state index in [4.69, 9.17) is 25.9 Å². The number of carbonyl (C=O) groups is 2. The van der Waals surface area contributed by atoms with Crippen LogP contribution in [0.25, 0.3) is 0 Å². The van der Waals surface area contributed by atoms with Crippen LogP contribution in [0.2, 0.25) is 0 Å². The van der Waals surface area contributed by atoms with Crippen LogP contribution in [0.1, 0.15) is 141 Å². The van der Waals surface area contributed by atoms with Gasteiger partial charge in [-0.25, -0.2) is 9.97 Å². The average Bonchev–Trinajstić information content (AvgIpc) is 0.677. The molecule has 9 fully saturated rings. The number of fused-ring (bicyclic) bond motifs is 10. The number of carboxylic acids is 1. The number of imidazole rings is 2. The van der Waals surface area contributed by atoms with Crippen LogP contribution in [0.15, 0.2) is 47.6 Å². The zero-order chi connectivity index (χ0) is 66.3. The number of nitrogens with one attached hydrogen (secondary N) is 6. The van der Waals surface area contributed by atoms with Crippen LogP contribution in [0, 0.1) is 103 Å². The van der Waals surface area contributed by atoms with E-state index < -0.39 is 147 Å². The summed E-state index contributed by atoms with van der Waals surface area (Å²) in [4.78, 5) is 51.3. The van der Waals surface area contributed by atoms with Crippen LogP contribution < -0.4 is 32.7 Å². The maximum absolute atomic E-state index is 16.0. The predicted molar refractivity (Wildman–Crippen MR) is 346 cm³/mol. The fourth-order valence-electron chi connectivity index (χ4n) is 25.2. The number of H-pyrrole nitrogens is 2. The fraction of sp³-hybridized carbons (Fsp3) is 0.814. The molecular weight excluding hydrogens is 1200 g/mol. The molecule has 12 aliphatic rings. The molecule has 0 aromatic carbocycles. The lowest BCUT2D eigenvalue weighted by Crippen LogP contribution is -2.79. The first-order chi connectivity index (χ1) is 45.0. The van der Waals surface area contributed by atoms with Crippen molar-refractivity contribution in [2.45, 2.75) is 197 Å². The summed E-state index contributed by atoms with van der Waals surface area (Å²) in [5.74, 6) is -4.75.